The fourth-order valence-electron chi connectivity index (χ4n) is 9.41. The zero-order chi connectivity index (χ0) is 46.5. The molecule has 0 aromatic rings. The Bertz CT molecular complexity index is 913. The number of amides is 1. The van der Waals surface area contributed by atoms with Crippen molar-refractivity contribution in [2.45, 2.75) is 347 Å². The van der Waals surface area contributed by atoms with Crippen molar-refractivity contribution in [2.75, 3.05) is 13.2 Å². The highest BCUT2D eigenvalue weighted by atomic mass is 16.5. The molecule has 0 heterocycles. The summed E-state index contributed by atoms with van der Waals surface area (Å²) in [6.07, 6.45) is 62.5. The number of ether oxygens (including phenoxy) is 1. The van der Waals surface area contributed by atoms with Crippen molar-refractivity contribution in [3.05, 3.63) is 0 Å². The van der Waals surface area contributed by atoms with E-state index in [0.717, 1.165) is 38.5 Å². The Morgan fingerprint density at radius 2 is 0.641 bits per heavy atom. The molecule has 2 unspecified atom stereocenters. The van der Waals surface area contributed by atoms with Crippen LogP contribution in [0.1, 0.15) is 335 Å². The number of esters is 1. The molecule has 0 spiro atoms. The van der Waals surface area contributed by atoms with E-state index in [0.29, 0.717) is 25.9 Å². The predicted molar refractivity (Wildman–Crippen MR) is 278 cm³/mol. The monoisotopic (exact) mass is 906 g/mol. The van der Waals surface area contributed by atoms with Gasteiger partial charge in [-0.1, -0.05) is 296 Å². The average molecular weight is 907 g/mol. The highest BCUT2D eigenvalue weighted by Crippen LogP contribution is 2.18. The molecule has 0 bridgehead atoms. The molecule has 0 radical (unpaired) electrons. The number of nitrogens with one attached hydrogen (secondary N) is 1. The molecule has 3 N–H and O–H groups in total. The third-order valence-corrected chi connectivity index (χ3v) is 13.9. The maximum Gasteiger partial charge on any atom is 0.305 e. The highest BCUT2D eigenvalue weighted by Gasteiger charge is 2.20. The van der Waals surface area contributed by atoms with Gasteiger partial charge in [0.15, 0.2) is 0 Å². The van der Waals surface area contributed by atoms with Gasteiger partial charge in [0.1, 0.15) is 0 Å². The molecule has 2 atom stereocenters. The van der Waals surface area contributed by atoms with Gasteiger partial charge in [0.2, 0.25) is 5.91 Å². The average Bonchev–Trinajstić information content (AvgIpc) is 3.29. The lowest BCUT2D eigenvalue weighted by molar-refractivity contribution is -0.143. The predicted octanol–water partition coefficient (Wildman–Crippen LogP) is 17.9. The molecule has 0 aromatic heterocycles. The first kappa shape index (κ1) is 62.9. The molecule has 0 saturated carbocycles. The van der Waals surface area contributed by atoms with Crippen LogP contribution in [-0.2, 0) is 14.3 Å². The summed E-state index contributed by atoms with van der Waals surface area (Å²) in [5.74, 6) is -0.0236. The third-order valence-electron chi connectivity index (χ3n) is 13.9. The van der Waals surface area contributed by atoms with E-state index in [9.17, 15) is 19.8 Å². The quantitative estimate of drug-likeness (QED) is 0.0417. The topological polar surface area (TPSA) is 95.9 Å². The van der Waals surface area contributed by atoms with Gasteiger partial charge in [-0.25, -0.2) is 0 Å². The molecule has 0 aliphatic rings. The maximum atomic E-state index is 12.4. The van der Waals surface area contributed by atoms with Gasteiger partial charge in [0.05, 0.1) is 25.4 Å². The summed E-state index contributed by atoms with van der Waals surface area (Å²) < 4.78 is 5.50. The van der Waals surface area contributed by atoms with Crippen molar-refractivity contribution >= 4 is 11.9 Å². The molecule has 64 heavy (non-hydrogen) atoms. The molecule has 0 saturated heterocycles. The maximum absolute atomic E-state index is 12.4. The number of carbonyl (C=O) groups excluding carboxylic acids is 2. The zero-order valence-electron chi connectivity index (χ0n) is 43.5. The molecule has 0 aliphatic carbocycles. The SMILES string of the molecule is CCCCCCCCCCCCCCCCCCCCC(=O)OCCCCCCCCCCCCCCCCCCCCCC(=O)NC(CO)C(O)CCCCCCCCCCCC. The van der Waals surface area contributed by atoms with Crippen LogP contribution in [0.5, 0.6) is 0 Å². The number of aliphatic hydroxyl groups excluding tert-OH is 2. The standard InChI is InChI=1S/C58H115NO5/c1-3-5-7-9-11-13-15-16-17-18-23-26-29-32-36-40-44-48-52-58(63)64-53-49-45-41-37-33-30-27-24-21-19-20-22-25-28-31-35-39-43-47-51-57(62)59-55(54-60)56(61)50-46-42-38-34-14-12-10-8-6-4-2/h55-56,60-61H,3-54H2,1-2H3,(H,59,62). The van der Waals surface area contributed by atoms with Gasteiger partial charge in [-0.05, 0) is 25.7 Å². The molecular formula is C58H115NO5. The van der Waals surface area contributed by atoms with E-state index in [-0.39, 0.29) is 18.5 Å². The van der Waals surface area contributed by atoms with Crippen molar-refractivity contribution in [3.63, 3.8) is 0 Å². The number of rotatable bonds is 55. The second-order valence-electron chi connectivity index (χ2n) is 20.3. The van der Waals surface area contributed by atoms with Crippen molar-refractivity contribution < 1.29 is 24.5 Å². The Morgan fingerprint density at radius 1 is 0.375 bits per heavy atom. The number of hydrogen-bond donors (Lipinski definition) is 3. The van der Waals surface area contributed by atoms with Gasteiger partial charge in [-0.2, -0.15) is 0 Å². The van der Waals surface area contributed by atoms with Crippen LogP contribution in [0.2, 0.25) is 0 Å². The summed E-state index contributed by atoms with van der Waals surface area (Å²) in [5, 5.41) is 23.1. The molecule has 1 amide bonds. The Balaban J connectivity index is 3.34. The first-order valence-corrected chi connectivity index (χ1v) is 29.3. The number of aliphatic hydroxyl groups is 2. The minimum atomic E-state index is -0.663. The van der Waals surface area contributed by atoms with Crippen molar-refractivity contribution in [3.8, 4) is 0 Å². The van der Waals surface area contributed by atoms with Crippen molar-refractivity contribution in [1.29, 1.82) is 0 Å². The Morgan fingerprint density at radius 3 is 0.953 bits per heavy atom. The minimum Gasteiger partial charge on any atom is -0.466 e. The van der Waals surface area contributed by atoms with Crippen LogP contribution in [0, 0.1) is 0 Å². The van der Waals surface area contributed by atoms with E-state index < -0.39 is 12.1 Å². The molecule has 6 nitrogen and oxygen atoms in total. The fourth-order valence-corrected chi connectivity index (χ4v) is 9.41. The summed E-state index contributed by atoms with van der Waals surface area (Å²) >= 11 is 0. The number of hydrogen-bond acceptors (Lipinski definition) is 5. The Hall–Kier alpha value is -1.14. The lowest BCUT2D eigenvalue weighted by atomic mass is 10.0. The van der Waals surface area contributed by atoms with E-state index in [4.69, 9.17) is 4.74 Å². The van der Waals surface area contributed by atoms with Gasteiger partial charge in [0, 0.05) is 12.8 Å². The van der Waals surface area contributed by atoms with E-state index in [1.807, 2.05) is 0 Å². The summed E-state index contributed by atoms with van der Waals surface area (Å²) in [6, 6.07) is -0.540. The summed E-state index contributed by atoms with van der Waals surface area (Å²) in [4.78, 5) is 24.5. The van der Waals surface area contributed by atoms with Gasteiger partial charge in [-0.15, -0.1) is 0 Å². The first-order chi connectivity index (χ1) is 31.5. The van der Waals surface area contributed by atoms with Crippen LogP contribution >= 0.6 is 0 Å². The first-order valence-electron chi connectivity index (χ1n) is 29.3. The molecule has 0 aliphatic heterocycles. The van der Waals surface area contributed by atoms with Crippen LogP contribution in [-0.4, -0.2) is 47.4 Å². The van der Waals surface area contributed by atoms with Crippen molar-refractivity contribution in [1.82, 2.24) is 5.32 Å². The third kappa shape index (κ3) is 50.3. The van der Waals surface area contributed by atoms with E-state index in [2.05, 4.69) is 19.2 Å². The van der Waals surface area contributed by atoms with Gasteiger partial charge in [0.25, 0.3) is 0 Å². The highest BCUT2D eigenvalue weighted by molar-refractivity contribution is 5.76. The Kier molecular flexibility index (Phi) is 53.5. The van der Waals surface area contributed by atoms with E-state index in [1.54, 1.807) is 0 Å². The van der Waals surface area contributed by atoms with Gasteiger partial charge >= 0.3 is 5.97 Å². The second kappa shape index (κ2) is 54.5. The summed E-state index contributed by atoms with van der Waals surface area (Å²) in [5.41, 5.74) is 0. The van der Waals surface area contributed by atoms with Crippen LogP contribution < -0.4 is 5.32 Å². The van der Waals surface area contributed by atoms with Crippen LogP contribution in [0.3, 0.4) is 0 Å². The largest absolute Gasteiger partial charge is 0.466 e. The summed E-state index contributed by atoms with van der Waals surface area (Å²) in [6.45, 7) is 4.96. The molecule has 0 rings (SSSR count). The smallest absolute Gasteiger partial charge is 0.305 e. The molecule has 0 aromatic carbocycles. The summed E-state index contributed by atoms with van der Waals surface area (Å²) in [7, 11) is 0. The lowest BCUT2D eigenvalue weighted by Crippen LogP contribution is -2.45. The second-order valence-corrected chi connectivity index (χ2v) is 20.3. The minimum absolute atomic E-state index is 0.0141. The van der Waals surface area contributed by atoms with Gasteiger partial charge in [-0.3, -0.25) is 9.59 Å². The molecule has 0 fully saturated rings. The normalized spacial score (nSPS) is 12.5. The zero-order valence-corrected chi connectivity index (χ0v) is 43.5. The van der Waals surface area contributed by atoms with Crippen LogP contribution in [0.25, 0.3) is 0 Å². The fraction of sp³-hybridized carbons (Fsp3) is 0.966. The molecular weight excluding hydrogens is 791 g/mol. The van der Waals surface area contributed by atoms with Crippen LogP contribution in [0.4, 0.5) is 0 Å². The number of unbranched alkanes of at least 4 members (excludes halogenated alkanes) is 44. The van der Waals surface area contributed by atoms with E-state index in [1.165, 1.54) is 263 Å². The number of carbonyl (C=O) groups is 2. The lowest BCUT2D eigenvalue weighted by Gasteiger charge is -2.22. The van der Waals surface area contributed by atoms with Crippen molar-refractivity contribution in [2.24, 2.45) is 0 Å². The van der Waals surface area contributed by atoms with Crippen LogP contribution in [0.15, 0.2) is 0 Å². The Labute approximate surface area is 400 Å². The van der Waals surface area contributed by atoms with Gasteiger partial charge < -0.3 is 20.3 Å². The molecule has 6 heteroatoms. The van der Waals surface area contributed by atoms with E-state index >= 15 is 0 Å². The molecule has 382 valence electrons.